The summed E-state index contributed by atoms with van der Waals surface area (Å²) in [6.45, 7) is 11.2. The van der Waals surface area contributed by atoms with Crippen molar-refractivity contribution in [2.24, 2.45) is 0 Å². The Labute approximate surface area is 164 Å². The van der Waals surface area contributed by atoms with Crippen molar-refractivity contribution in [3.05, 3.63) is 54.6 Å². The Kier molecular flexibility index (Phi) is 7.11. The first kappa shape index (κ1) is 20.1. The van der Waals surface area contributed by atoms with Crippen LogP contribution in [0, 0.1) is 0 Å². The van der Waals surface area contributed by atoms with Crippen LogP contribution in [0.15, 0.2) is 54.6 Å². The number of benzene rings is 1. The number of rotatable bonds is 7. The van der Waals surface area contributed by atoms with E-state index < -0.39 is 0 Å². The predicted molar refractivity (Wildman–Crippen MR) is 112 cm³/mol. The maximum Gasteiger partial charge on any atom is 0.0885 e. The fourth-order valence-corrected chi connectivity index (χ4v) is 4.33. The smallest absolute Gasteiger partial charge is 0.0885 e. The lowest BCUT2D eigenvalue weighted by Gasteiger charge is -2.50. The second-order valence-electron chi connectivity index (χ2n) is 7.81. The molecule has 2 saturated heterocycles. The maximum absolute atomic E-state index is 9.45. The van der Waals surface area contributed by atoms with E-state index in [1.54, 1.807) is 0 Å². The average molecular weight is 371 g/mol. The van der Waals surface area contributed by atoms with Crippen LogP contribution in [0.5, 0.6) is 0 Å². The molecule has 1 aromatic carbocycles. The summed E-state index contributed by atoms with van der Waals surface area (Å²) in [7, 11) is 0. The van der Waals surface area contributed by atoms with Gasteiger partial charge >= 0.3 is 0 Å². The van der Waals surface area contributed by atoms with Crippen LogP contribution in [0.25, 0.3) is 0 Å². The van der Waals surface area contributed by atoms with Crippen molar-refractivity contribution in [1.29, 1.82) is 0 Å². The molecule has 0 amide bonds. The van der Waals surface area contributed by atoms with Gasteiger partial charge in [0.2, 0.25) is 0 Å². The number of ether oxygens (including phenoxy) is 1. The number of likely N-dealkylation sites (tertiary alicyclic amines) is 1. The van der Waals surface area contributed by atoms with Crippen LogP contribution in [0.3, 0.4) is 0 Å². The van der Waals surface area contributed by atoms with Crippen molar-refractivity contribution < 1.29 is 9.84 Å². The number of aliphatic hydroxyl groups excluding tert-OH is 1. The van der Waals surface area contributed by atoms with E-state index in [0.717, 1.165) is 52.0 Å². The third kappa shape index (κ3) is 5.22. The molecule has 0 bridgehead atoms. The highest BCUT2D eigenvalue weighted by Gasteiger charge is 2.42. The molecule has 0 aromatic heterocycles. The third-order valence-electron chi connectivity index (χ3n) is 6.01. The van der Waals surface area contributed by atoms with Gasteiger partial charge in [-0.15, -0.1) is 0 Å². The van der Waals surface area contributed by atoms with E-state index in [1.165, 1.54) is 11.3 Å². The van der Waals surface area contributed by atoms with Gasteiger partial charge in [-0.25, -0.2) is 0 Å². The zero-order valence-electron chi connectivity index (χ0n) is 16.6. The molecule has 2 aliphatic heterocycles. The highest BCUT2D eigenvalue weighted by Crippen LogP contribution is 2.35. The Morgan fingerprint density at radius 1 is 1.30 bits per heavy atom. The number of aliphatic hydroxyl groups is 1. The summed E-state index contributed by atoms with van der Waals surface area (Å²) in [5, 5.41) is 9.45. The molecule has 1 spiro atoms. The molecule has 4 nitrogen and oxygen atoms in total. The fourth-order valence-electron chi connectivity index (χ4n) is 4.33. The molecule has 148 valence electrons. The molecule has 1 N–H and O–H groups in total. The van der Waals surface area contributed by atoms with Crippen LogP contribution >= 0.6 is 0 Å². The average Bonchev–Trinajstić information content (AvgIpc) is 2.71. The molecule has 27 heavy (non-hydrogen) atoms. The summed E-state index contributed by atoms with van der Waals surface area (Å²) >= 11 is 0. The van der Waals surface area contributed by atoms with Gasteiger partial charge in [0.1, 0.15) is 0 Å². The van der Waals surface area contributed by atoms with Gasteiger partial charge in [0.15, 0.2) is 0 Å². The van der Waals surface area contributed by atoms with Crippen molar-refractivity contribution in [3.8, 4) is 0 Å². The van der Waals surface area contributed by atoms with Gasteiger partial charge < -0.3 is 19.6 Å². The van der Waals surface area contributed by atoms with E-state index in [0.29, 0.717) is 6.42 Å². The van der Waals surface area contributed by atoms with E-state index in [2.05, 4.69) is 59.7 Å². The summed E-state index contributed by atoms with van der Waals surface area (Å²) in [5.41, 5.74) is 2.49. The minimum atomic E-state index is -0.0910. The SMILES string of the molecule is C=C/C(=C\C)CCN1CCC2(CC1)CN(c1ccccc1)CC(CCO)O2. The van der Waals surface area contributed by atoms with E-state index in [9.17, 15) is 5.11 Å². The zero-order valence-corrected chi connectivity index (χ0v) is 16.6. The molecular formula is C23H34N2O2. The largest absolute Gasteiger partial charge is 0.396 e. The predicted octanol–water partition coefficient (Wildman–Crippen LogP) is 3.63. The molecule has 2 heterocycles. The van der Waals surface area contributed by atoms with Gasteiger partial charge in [0, 0.05) is 45.0 Å². The Hall–Kier alpha value is -1.62. The van der Waals surface area contributed by atoms with Gasteiger partial charge in [-0.2, -0.15) is 0 Å². The monoisotopic (exact) mass is 370 g/mol. The Balaban J connectivity index is 1.63. The van der Waals surface area contributed by atoms with Gasteiger partial charge in [0.25, 0.3) is 0 Å². The molecule has 0 saturated carbocycles. The summed E-state index contributed by atoms with van der Waals surface area (Å²) in [6.07, 6.45) is 8.10. The lowest BCUT2D eigenvalue weighted by atomic mass is 9.87. The minimum absolute atomic E-state index is 0.0910. The Morgan fingerprint density at radius 3 is 2.67 bits per heavy atom. The standard InChI is InChI=1S/C23H34N2O2/c1-3-20(4-2)10-14-24-15-12-23(13-16-24)19-25(18-22(27-23)11-17-26)21-8-6-5-7-9-21/h3-9,22,26H,1,10-19H2,2H3/b20-4+. The third-order valence-corrected chi connectivity index (χ3v) is 6.01. The number of allylic oxidation sites excluding steroid dienone is 2. The summed E-state index contributed by atoms with van der Waals surface area (Å²) in [5.74, 6) is 0. The van der Waals surface area contributed by atoms with E-state index in [-0.39, 0.29) is 18.3 Å². The van der Waals surface area contributed by atoms with Gasteiger partial charge in [-0.3, -0.25) is 0 Å². The first-order chi connectivity index (χ1) is 13.2. The summed E-state index contributed by atoms with van der Waals surface area (Å²) in [6, 6.07) is 10.6. The van der Waals surface area contributed by atoms with Crippen molar-refractivity contribution in [2.45, 2.75) is 44.3 Å². The number of para-hydroxylation sites is 1. The molecule has 1 aromatic rings. The first-order valence-corrected chi connectivity index (χ1v) is 10.3. The van der Waals surface area contributed by atoms with Crippen molar-refractivity contribution in [2.75, 3.05) is 44.2 Å². The van der Waals surface area contributed by atoms with Crippen LogP contribution in [-0.2, 0) is 4.74 Å². The molecule has 1 unspecified atom stereocenters. The van der Waals surface area contributed by atoms with E-state index in [4.69, 9.17) is 4.74 Å². The van der Waals surface area contributed by atoms with Gasteiger partial charge in [-0.1, -0.05) is 42.5 Å². The summed E-state index contributed by atoms with van der Waals surface area (Å²) in [4.78, 5) is 5.00. The number of hydrogen-bond donors (Lipinski definition) is 1. The van der Waals surface area contributed by atoms with Gasteiger partial charge in [0.05, 0.1) is 11.7 Å². The van der Waals surface area contributed by atoms with Crippen molar-refractivity contribution in [3.63, 3.8) is 0 Å². The first-order valence-electron chi connectivity index (χ1n) is 10.3. The number of hydrogen-bond acceptors (Lipinski definition) is 4. The van der Waals surface area contributed by atoms with E-state index >= 15 is 0 Å². The molecule has 3 rings (SSSR count). The Bertz CT molecular complexity index is 621. The number of morpholine rings is 1. The number of anilines is 1. The molecule has 2 aliphatic rings. The normalized spacial score (nSPS) is 23.6. The van der Waals surface area contributed by atoms with Crippen LogP contribution in [-0.4, -0.2) is 61.0 Å². The second kappa shape index (κ2) is 9.54. The minimum Gasteiger partial charge on any atom is -0.396 e. The topological polar surface area (TPSA) is 35.9 Å². The van der Waals surface area contributed by atoms with Crippen LogP contribution in [0.1, 0.15) is 32.6 Å². The van der Waals surface area contributed by atoms with Crippen LogP contribution < -0.4 is 4.90 Å². The molecular weight excluding hydrogens is 336 g/mol. The second-order valence-corrected chi connectivity index (χ2v) is 7.81. The number of nitrogens with zero attached hydrogens (tertiary/aromatic N) is 2. The molecule has 1 atom stereocenters. The lowest BCUT2D eigenvalue weighted by Crippen LogP contribution is -2.60. The summed E-state index contributed by atoms with van der Waals surface area (Å²) < 4.78 is 6.57. The van der Waals surface area contributed by atoms with Crippen molar-refractivity contribution in [1.82, 2.24) is 4.90 Å². The number of piperidine rings is 1. The van der Waals surface area contributed by atoms with Gasteiger partial charge in [-0.05, 0) is 44.7 Å². The van der Waals surface area contributed by atoms with Crippen LogP contribution in [0.2, 0.25) is 0 Å². The quantitative estimate of drug-likeness (QED) is 0.744. The lowest BCUT2D eigenvalue weighted by molar-refractivity contribution is -0.137. The highest BCUT2D eigenvalue weighted by molar-refractivity contribution is 5.47. The fraction of sp³-hybridized carbons (Fsp3) is 0.565. The van der Waals surface area contributed by atoms with Crippen LogP contribution in [0.4, 0.5) is 5.69 Å². The Morgan fingerprint density at radius 2 is 2.04 bits per heavy atom. The highest BCUT2D eigenvalue weighted by atomic mass is 16.5. The molecule has 2 fully saturated rings. The molecule has 4 heteroatoms. The molecule has 0 aliphatic carbocycles. The zero-order chi connectivity index (χ0) is 19.1. The maximum atomic E-state index is 9.45. The molecule has 0 radical (unpaired) electrons. The van der Waals surface area contributed by atoms with E-state index in [1.807, 2.05) is 6.08 Å². The van der Waals surface area contributed by atoms with Crippen molar-refractivity contribution >= 4 is 5.69 Å².